The lowest BCUT2D eigenvalue weighted by Crippen LogP contribution is -2.13. The molecule has 0 radical (unpaired) electrons. The molecule has 1 unspecified atom stereocenters. The number of aliphatic hydroxyl groups excluding tert-OH is 1. The summed E-state index contributed by atoms with van der Waals surface area (Å²) in [7, 11) is 1.96. The normalized spacial score (nSPS) is 12.8. The Bertz CT molecular complexity index is 347. The zero-order valence-corrected chi connectivity index (χ0v) is 12.9. The van der Waals surface area contributed by atoms with Crippen LogP contribution >= 0.6 is 0 Å². The summed E-state index contributed by atoms with van der Waals surface area (Å²) in [5.41, 5.74) is 2.26. The highest BCUT2D eigenvalue weighted by Crippen LogP contribution is 2.13. The third kappa shape index (κ3) is 6.24. The van der Waals surface area contributed by atoms with Gasteiger partial charge in [-0.05, 0) is 18.9 Å². The first-order valence-corrected chi connectivity index (χ1v) is 7.87. The highest BCUT2D eigenvalue weighted by atomic mass is 16.3. The van der Waals surface area contributed by atoms with Gasteiger partial charge >= 0.3 is 0 Å². The van der Waals surface area contributed by atoms with E-state index in [0.717, 1.165) is 37.1 Å². The van der Waals surface area contributed by atoms with Gasteiger partial charge in [0.1, 0.15) is 0 Å². The van der Waals surface area contributed by atoms with Crippen molar-refractivity contribution in [2.24, 2.45) is 7.05 Å². The van der Waals surface area contributed by atoms with Gasteiger partial charge in [-0.15, -0.1) is 0 Å². The van der Waals surface area contributed by atoms with E-state index in [2.05, 4.69) is 25.0 Å². The van der Waals surface area contributed by atoms with Crippen LogP contribution in [0, 0.1) is 0 Å². The second-order valence-corrected chi connectivity index (χ2v) is 5.52. The Balaban J connectivity index is 2.19. The van der Waals surface area contributed by atoms with Crippen LogP contribution in [0.25, 0.3) is 0 Å². The summed E-state index contributed by atoms with van der Waals surface area (Å²) < 4.78 is 1.91. The van der Waals surface area contributed by atoms with Crippen LogP contribution < -0.4 is 0 Å². The fourth-order valence-electron chi connectivity index (χ4n) is 2.44. The van der Waals surface area contributed by atoms with E-state index in [1.807, 2.05) is 11.7 Å². The summed E-state index contributed by atoms with van der Waals surface area (Å²) in [5, 5.41) is 14.5. The SMILES string of the molecule is CCCCCCCCC(O)Cc1cc(CC)nn1C. The Morgan fingerprint density at radius 3 is 2.47 bits per heavy atom. The molecule has 0 fully saturated rings. The fourth-order valence-corrected chi connectivity index (χ4v) is 2.44. The smallest absolute Gasteiger partial charge is 0.0624 e. The standard InChI is InChI=1S/C16H30N2O/c1-4-6-7-8-9-10-11-16(19)13-15-12-14(5-2)17-18(15)3/h12,16,19H,4-11,13H2,1-3H3. The first-order valence-electron chi connectivity index (χ1n) is 7.87. The number of hydrogen-bond acceptors (Lipinski definition) is 2. The lowest BCUT2D eigenvalue weighted by molar-refractivity contribution is 0.158. The Kier molecular flexibility index (Phi) is 7.80. The summed E-state index contributed by atoms with van der Waals surface area (Å²) in [6, 6.07) is 2.12. The highest BCUT2D eigenvalue weighted by molar-refractivity contribution is 5.11. The number of aryl methyl sites for hydroxylation is 2. The number of nitrogens with zero attached hydrogens (tertiary/aromatic N) is 2. The maximum atomic E-state index is 10.1. The van der Waals surface area contributed by atoms with Crippen molar-refractivity contribution >= 4 is 0 Å². The van der Waals surface area contributed by atoms with Crippen molar-refractivity contribution in [2.45, 2.75) is 77.7 Å². The Labute approximate surface area is 118 Å². The van der Waals surface area contributed by atoms with Gasteiger partial charge in [0.15, 0.2) is 0 Å². The number of unbranched alkanes of at least 4 members (excludes halogenated alkanes) is 5. The van der Waals surface area contributed by atoms with E-state index in [4.69, 9.17) is 0 Å². The first kappa shape index (κ1) is 16.2. The molecule has 3 heteroatoms. The lowest BCUT2D eigenvalue weighted by Gasteiger charge is -2.10. The zero-order chi connectivity index (χ0) is 14.1. The van der Waals surface area contributed by atoms with Crippen LogP contribution in [0.15, 0.2) is 6.07 Å². The van der Waals surface area contributed by atoms with Gasteiger partial charge in [-0.25, -0.2) is 0 Å². The van der Waals surface area contributed by atoms with Crippen LogP contribution in [0.3, 0.4) is 0 Å². The van der Waals surface area contributed by atoms with E-state index in [1.54, 1.807) is 0 Å². The minimum atomic E-state index is -0.216. The molecule has 1 aromatic heterocycles. The van der Waals surface area contributed by atoms with Crippen molar-refractivity contribution in [3.05, 3.63) is 17.5 Å². The second-order valence-electron chi connectivity index (χ2n) is 5.52. The number of aromatic nitrogens is 2. The molecule has 1 aromatic rings. The Morgan fingerprint density at radius 2 is 1.84 bits per heavy atom. The summed E-state index contributed by atoms with van der Waals surface area (Å²) >= 11 is 0. The van der Waals surface area contributed by atoms with Crippen molar-refractivity contribution in [3.63, 3.8) is 0 Å². The van der Waals surface area contributed by atoms with Crippen LogP contribution in [0.2, 0.25) is 0 Å². The summed E-state index contributed by atoms with van der Waals surface area (Å²) in [4.78, 5) is 0. The number of aliphatic hydroxyl groups is 1. The first-order chi connectivity index (χ1) is 9.17. The van der Waals surface area contributed by atoms with Crippen LogP contribution in [-0.2, 0) is 19.9 Å². The molecule has 0 aliphatic carbocycles. The average molecular weight is 266 g/mol. The molecule has 0 spiro atoms. The monoisotopic (exact) mass is 266 g/mol. The minimum absolute atomic E-state index is 0.216. The molecule has 1 rings (SSSR count). The van der Waals surface area contributed by atoms with Crippen molar-refractivity contribution in [2.75, 3.05) is 0 Å². The minimum Gasteiger partial charge on any atom is -0.393 e. The predicted octanol–water partition coefficient (Wildman–Crippen LogP) is 3.64. The maximum absolute atomic E-state index is 10.1. The molecule has 0 saturated heterocycles. The molecule has 0 saturated carbocycles. The zero-order valence-electron chi connectivity index (χ0n) is 12.9. The van der Waals surface area contributed by atoms with Gasteiger partial charge < -0.3 is 5.11 Å². The van der Waals surface area contributed by atoms with Gasteiger partial charge in [-0.1, -0.05) is 52.4 Å². The van der Waals surface area contributed by atoms with Crippen molar-refractivity contribution in [1.29, 1.82) is 0 Å². The fraction of sp³-hybridized carbons (Fsp3) is 0.812. The van der Waals surface area contributed by atoms with Crippen LogP contribution in [-0.4, -0.2) is 21.0 Å². The van der Waals surface area contributed by atoms with E-state index in [9.17, 15) is 5.11 Å². The van der Waals surface area contributed by atoms with E-state index in [-0.39, 0.29) is 6.10 Å². The summed E-state index contributed by atoms with van der Waals surface area (Å²) in [6.07, 6.45) is 10.1. The van der Waals surface area contributed by atoms with Gasteiger partial charge in [-0.2, -0.15) is 5.10 Å². The topological polar surface area (TPSA) is 38.1 Å². The quantitative estimate of drug-likeness (QED) is 0.657. The third-order valence-electron chi connectivity index (χ3n) is 3.73. The molecule has 1 N–H and O–H groups in total. The van der Waals surface area contributed by atoms with Crippen LogP contribution in [0.5, 0.6) is 0 Å². The van der Waals surface area contributed by atoms with Gasteiger partial charge in [0.05, 0.1) is 11.8 Å². The molecule has 110 valence electrons. The van der Waals surface area contributed by atoms with Crippen molar-refractivity contribution in [3.8, 4) is 0 Å². The summed E-state index contributed by atoms with van der Waals surface area (Å²) in [5.74, 6) is 0. The molecule has 1 atom stereocenters. The molecule has 19 heavy (non-hydrogen) atoms. The molecule has 3 nitrogen and oxygen atoms in total. The molecule has 0 amide bonds. The van der Waals surface area contributed by atoms with Crippen molar-refractivity contribution in [1.82, 2.24) is 9.78 Å². The molecule has 0 aliphatic heterocycles. The van der Waals surface area contributed by atoms with E-state index >= 15 is 0 Å². The van der Waals surface area contributed by atoms with Gasteiger partial charge in [0.2, 0.25) is 0 Å². The van der Waals surface area contributed by atoms with Gasteiger partial charge in [0.25, 0.3) is 0 Å². The van der Waals surface area contributed by atoms with Crippen molar-refractivity contribution < 1.29 is 5.11 Å². The highest BCUT2D eigenvalue weighted by Gasteiger charge is 2.10. The van der Waals surface area contributed by atoms with E-state index in [0.29, 0.717) is 0 Å². The third-order valence-corrected chi connectivity index (χ3v) is 3.73. The average Bonchev–Trinajstić information content (AvgIpc) is 2.74. The largest absolute Gasteiger partial charge is 0.393 e. The number of rotatable bonds is 10. The molecule has 1 heterocycles. The number of hydrogen-bond donors (Lipinski definition) is 1. The lowest BCUT2D eigenvalue weighted by atomic mass is 10.0. The Hall–Kier alpha value is -0.830. The molecule has 0 bridgehead atoms. The van der Waals surface area contributed by atoms with E-state index < -0.39 is 0 Å². The van der Waals surface area contributed by atoms with Gasteiger partial charge in [0, 0.05) is 19.2 Å². The molecular weight excluding hydrogens is 236 g/mol. The van der Waals surface area contributed by atoms with E-state index in [1.165, 1.54) is 32.1 Å². The molecular formula is C16H30N2O. The predicted molar refractivity (Wildman–Crippen MR) is 80.3 cm³/mol. The van der Waals surface area contributed by atoms with Crippen LogP contribution in [0.4, 0.5) is 0 Å². The van der Waals surface area contributed by atoms with Gasteiger partial charge in [-0.3, -0.25) is 4.68 Å². The molecule has 0 aromatic carbocycles. The molecule has 0 aliphatic rings. The summed E-state index contributed by atoms with van der Waals surface area (Å²) in [6.45, 7) is 4.35. The maximum Gasteiger partial charge on any atom is 0.0624 e. The van der Waals surface area contributed by atoms with Crippen LogP contribution in [0.1, 0.15) is 70.2 Å². The Morgan fingerprint density at radius 1 is 1.16 bits per heavy atom. The second kappa shape index (κ2) is 9.13.